The predicted octanol–water partition coefficient (Wildman–Crippen LogP) is 2.85. The fraction of sp³-hybridized carbons (Fsp3) is 0.571. The summed E-state index contributed by atoms with van der Waals surface area (Å²) in [7, 11) is 0. The van der Waals surface area contributed by atoms with Crippen molar-refractivity contribution < 1.29 is 5.11 Å². The molecule has 0 saturated carbocycles. The monoisotopic (exact) mass is 221 g/mol. The van der Waals surface area contributed by atoms with Crippen molar-refractivity contribution in [3.8, 4) is 0 Å². The van der Waals surface area contributed by atoms with Gasteiger partial charge in [0.15, 0.2) is 0 Å². The number of nitrogens with one attached hydrogen (secondary N) is 1. The van der Waals surface area contributed by atoms with Gasteiger partial charge >= 0.3 is 0 Å². The summed E-state index contributed by atoms with van der Waals surface area (Å²) < 4.78 is 0. The summed E-state index contributed by atoms with van der Waals surface area (Å²) in [6.07, 6.45) is 2.38. The van der Waals surface area contributed by atoms with Crippen molar-refractivity contribution in [2.75, 3.05) is 0 Å². The minimum absolute atomic E-state index is 0.120. The zero-order valence-electron chi connectivity index (χ0n) is 10.6. The second kappa shape index (κ2) is 6.02. The Morgan fingerprint density at radius 3 is 2.19 bits per heavy atom. The van der Waals surface area contributed by atoms with Crippen LogP contribution in [-0.2, 0) is 13.2 Å². The summed E-state index contributed by atoms with van der Waals surface area (Å²) in [6.45, 7) is 7.68. The molecule has 90 valence electrons. The standard InChI is InChI=1S/C14H23NO/c1-4-9-14(2,3)15-10-12-5-7-13(11-16)8-6-12/h5-8,15-16H,4,9-11H2,1-3H3. The van der Waals surface area contributed by atoms with Crippen LogP contribution in [0.3, 0.4) is 0 Å². The fourth-order valence-corrected chi connectivity index (χ4v) is 1.82. The first-order valence-electron chi connectivity index (χ1n) is 6.01. The minimum atomic E-state index is 0.120. The van der Waals surface area contributed by atoms with Crippen molar-refractivity contribution in [1.82, 2.24) is 5.32 Å². The van der Waals surface area contributed by atoms with Crippen molar-refractivity contribution in [2.24, 2.45) is 0 Å². The van der Waals surface area contributed by atoms with Crippen molar-refractivity contribution >= 4 is 0 Å². The van der Waals surface area contributed by atoms with Gasteiger partial charge in [0.05, 0.1) is 6.61 Å². The van der Waals surface area contributed by atoms with Gasteiger partial charge in [-0.3, -0.25) is 0 Å². The molecule has 0 radical (unpaired) electrons. The Balaban J connectivity index is 2.48. The van der Waals surface area contributed by atoms with Gasteiger partial charge < -0.3 is 10.4 Å². The summed E-state index contributed by atoms with van der Waals surface area (Å²) in [4.78, 5) is 0. The summed E-state index contributed by atoms with van der Waals surface area (Å²) in [5, 5.41) is 12.5. The molecule has 0 fully saturated rings. The maximum atomic E-state index is 8.94. The molecule has 0 aliphatic rings. The molecule has 2 N–H and O–H groups in total. The average molecular weight is 221 g/mol. The Morgan fingerprint density at radius 1 is 1.12 bits per heavy atom. The van der Waals surface area contributed by atoms with Crippen LogP contribution >= 0.6 is 0 Å². The molecule has 0 heterocycles. The number of aliphatic hydroxyl groups is 1. The maximum Gasteiger partial charge on any atom is 0.0681 e. The van der Waals surface area contributed by atoms with Gasteiger partial charge in [-0.25, -0.2) is 0 Å². The van der Waals surface area contributed by atoms with Crippen LogP contribution in [0.5, 0.6) is 0 Å². The van der Waals surface area contributed by atoms with E-state index in [1.54, 1.807) is 0 Å². The van der Waals surface area contributed by atoms with Gasteiger partial charge in [0.1, 0.15) is 0 Å². The van der Waals surface area contributed by atoms with E-state index >= 15 is 0 Å². The third-order valence-electron chi connectivity index (χ3n) is 2.85. The Hall–Kier alpha value is -0.860. The number of benzene rings is 1. The Bertz CT molecular complexity index is 303. The predicted molar refractivity (Wildman–Crippen MR) is 68.2 cm³/mol. The first kappa shape index (κ1) is 13.2. The zero-order valence-corrected chi connectivity index (χ0v) is 10.6. The highest BCUT2D eigenvalue weighted by Gasteiger charge is 2.14. The number of aliphatic hydroxyl groups excluding tert-OH is 1. The van der Waals surface area contributed by atoms with Gasteiger partial charge in [-0.2, -0.15) is 0 Å². The maximum absolute atomic E-state index is 8.94. The molecular weight excluding hydrogens is 198 g/mol. The van der Waals surface area contributed by atoms with Gasteiger partial charge in [0.25, 0.3) is 0 Å². The molecule has 2 heteroatoms. The van der Waals surface area contributed by atoms with Crippen LogP contribution < -0.4 is 5.32 Å². The van der Waals surface area contributed by atoms with E-state index in [9.17, 15) is 0 Å². The van der Waals surface area contributed by atoms with Gasteiger partial charge in [-0.1, -0.05) is 37.6 Å². The van der Waals surface area contributed by atoms with Crippen LogP contribution in [-0.4, -0.2) is 10.6 Å². The summed E-state index contributed by atoms with van der Waals surface area (Å²) in [6, 6.07) is 8.09. The normalized spacial score (nSPS) is 11.8. The molecule has 0 aliphatic heterocycles. The van der Waals surface area contributed by atoms with E-state index < -0.39 is 0 Å². The lowest BCUT2D eigenvalue weighted by Crippen LogP contribution is -2.38. The smallest absolute Gasteiger partial charge is 0.0681 e. The molecular formula is C14H23NO. The molecule has 0 aliphatic carbocycles. The number of hydrogen-bond acceptors (Lipinski definition) is 2. The Labute approximate surface area is 98.7 Å². The molecule has 0 atom stereocenters. The van der Waals surface area contributed by atoms with Crippen LogP contribution in [0.25, 0.3) is 0 Å². The first-order valence-corrected chi connectivity index (χ1v) is 6.01. The fourth-order valence-electron chi connectivity index (χ4n) is 1.82. The lowest BCUT2D eigenvalue weighted by Gasteiger charge is -2.26. The minimum Gasteiger partial charge on any atom is -0.392 e. The van der Waals surface area contributed by atoms with E-state index in [4.69, 9.17) is 5.11 Å². The summed E-state index contributed by atoms with van der Waals surface area (Å²) >= 11 is 0. The molecule has 1 aromatic carbocycles. The highest BCUT2D eigenvalue weighted by molar-refractivity contribution is 5.21. The molecule has 0 spiro atoms. The van der Waals surface area contributed by atoms with E-state index in [1.165, 1.54) is 18.4 Å². The average Bonchev–Trinajstić information content (AvgIpc) is 2.27. The Morgan fingerprint density at radius 2 is 1.69 bits per heavy atom. The van der Waals surface area contributed by atoms with Gasteiger partial charge in [0, 0.05) is 12.1 Å². The zero-order chi connectivity index (χ0) is 12.0. The van der Waals surface area contributed by atoms with Crippen molar-refractivity contribution in [1.29, 1.82) is 0 Å². The quantitative estimate of drug-likeness (QED) is 0.774. The molecule has 16 heavy (non-hydrogen) atoms. The molecule has 0 aromatic heterocycles. The van der Waals surface area contributed by atoms with Crippen LogP contribution in [0.2, 0.25) is 0 Å². The molecule has 0 amide bonds. The SMILES string of the molecule is CCCC(C)(C)NCc1ccc(CO)cc1. The lowest BCUT2D eigenvalue weighted by atomic mass is 9.98. The van der Waals surface area contributed by atoms with Crippen LogP contribution in [0, 0.1) is 0 Å². The van der Waals surface area contributed by atoms with E-state index in [0.717, 1.165) is 12.1 Å². The summed E-state index contributed by atoms with van der Waals surface area (Å²) in [5.41, 5.74) is 2.43. The second-order valence-corrected chi connectivity index (χ2v) is 4.96. The largest absolute Gasteiger partial charge is 0.392 e. The van der Waals surface area contributed by atoms with E-state index in [2.05, 4.69) is 38.2 Å². The number of rotatable bonds is 6. The van der Waals surface area contributed by atoms with Gasteiger partial charge in [-0.05, 0) is 31.4 Å². The third kappa shape index (κ3) is 4.33. The second-order valence-electron chi connectivity index (χ2n) is 4.96. The molecule has 1 rings (SSSR count). The van der Waals surface area contributed by atoms with Crippen molar-refractivity contribution in [3.05, 3.63) is 35.4 Å². The van der Waals surface area contributed by atoms with Gasteiger partial charge in [-0.15, -0.1) is 0 Å². The highest BCUT2D eigenvalue weighted by Crippen LogP contribution is 2.12. The van der Waals surface area contributed by atoms with E-state index in [-0.39, 0.29) is 12.1 Å². The van der Waals surface area contributed by atoms with E-state index in [1.807, 2.05) is 12.1 Å². The molecule has 0 saturated heterocycles. The topological polar surface area (TPSA) is 32.3 Å². The summed E-state index contributed by atoms with van der Waals surface area (Å²) in [5.74, 6) is 0. The van der Waals surface area contributed by atoms with Crippen molar-refractivity contribution in [2.45, 2.75) is 52.3 Å². The first-order chi connectivity index (χ1) is 7.57. The molecule has 1 aromatic rings. The molecule has 2 nitrogen and oxygen atoms in total. The van der Waals surface area contributed by atoms with E-state index in [0.29, 0.717) is 0 Å². The number of hydrogen-bond donors (Lipinski definition) is 2. The van der Waals surface area contributed by atoms with Crippen LogP contribution in [0.4, 0.5) is 0 Å². The lowest BCUT2D eigenvalue weighted by molar-refractivity contribution is 0.282. The highest BCUT2D eigenvalue weighted by atomic mass is 16.3. The Kier molecular flexibility index (Phi) is 4.97. The van der Waals surface area contributed by atoms with Crippen LogP contribution in [0.1, 0.15) is 44.7 Å². The van der Waals surface area contributed by atoms with Gasteiger partial charge in [0.2, 0.25) is 0 Å². The van der Waals surface area contributed by atoms with Crippen LogP contribution in [0.15, 0.2) is 24.3 Å². The third-order valence-corrected chi connectivity index (χ3v) is 2.85. The molecule has 0 unspecified atom stereocenters. The molecule has 0 bridgehead atoms. The van der Waals surface area contributed by atoms with Crippen molar-refractivity contribution in [3.63, 3.8) is 0 Å².